The fourth-order valence-corrected chi connectivity index (χ4v) is 3.29. The number of aryl methyl sites for hydroxylation is 2. The lowest BCUT2D eigenvalue weighted by Crippen LogP contribution is -2.40. The molecule has 0 bridgehead atoms. The van der Waals surface area contributed by atoms with Gasteiger partial charge in [-0.1, -0.05) is 6.07 Å². The highest BCUT2D eigenvalue weighted by Crippen LogP contribution is 2.26. The smallest absolute Gasteiger partial charge is 0.271 e. The minimum atomic E-state index is -0.267. The van der Waals surface area contributed by atoms with E-state index >= 15 is 0 Å². The molecule has 0 spiro atoms. The SMILES string of the molecule is CCN(C)/C=N/c1cc(C)c(Cc2nc(C(=O)NC(C)(C)C)cs2)cc1C. The molecule has 146 valence electrons. The number of nitrogens with one attached hydrogen (secondary N) is 1. The predicted octanol–water partition coefficient (Wildman–Crippen LogP) is 4.49. The molecular formula is C21H30N4OS. The number of aromatic nitrogens is 1. The van der Waals surface area contributed by atoms with Crippen molar-refractivity contribution in [3.8, 4) is 0 Å². The number of nitrogens with zero attached hydrogens (tertiary/aromatic N) is 3. The molecule has 2 rings (SSSR count). The van der Waals surface area contributed by atoms with Gasteiger partial charge < -0.3 is 10.2 Å². The van der Waals surface area contributed by atoms with E-state index in [1.807, 2.05) is 44.4 Å². The number of aliphatic imine (C=N–C) groups is 1. The maximum absolute atomic E-state index is 12.3. The Hall–Kier alpha value is -2.21. The van der Waals surface area contributed by atoms with Crippen LogP contribution in [0.15, 0.2) is 22.5 Å². The molecule has 0 fully saturated rings. The molecule has 0 radical (unpaired) electrons. The summed E-state index contributed by atoms with van der Waals surface area (Å²) in [7, 11) is 2.01. The van der Waals surface area contributed by atoms with Gasteiger partial charge in [0.25, 0.3) is 5.91 Å². The molecule has 1 aromatic heterocycles. The van der Waals surface area contributed by atoms with Gasteiger partial charge in [0, 0.05) is 30.9 Å². The Morgan fingerprint density at radius 2 is 2.00 bits per heavy atom. The lowest BCUT2D eigenvalue weighted by atomic mass is 10.0. The summed E-state index contributed by atoms with van der Waals surface area (Å²) in [6.07, 6.45) is 2.58. The number of hydrogen-bond acceptors (Lipinski definition) is 4. The van der Waals surface area contributed by atoms with Gasteiger partial charge in [-0.05, 0) is 64.3 Å². The van der Waals surface area contributed by atoms with E-state index in [1.54, 1.807) is 0 Å². The van der Waals surface area contributed by atoms with Crippen LogP contribution in [0, 0.1) is 13.8 Å². The Morgan fingerprint density at radius 1 is 1.30 bits per heavy atom. The third-order valence-corrected chi connectivity index (χ3v) is 5.01. The fourth-order valence-electron chi connectivity index (χ4n) is 2.50. The molecule has 5 nitrogen and oxygen atoms in total. The van der Waals surface area contributed by atoms with Crippen molar-refractivity contribution in [2.75, 3.05) is 13.6 Å². The van der Waals surface area contributed by atoms with E-state index < -0.39 is 0 Å². The maximum atomic E-state index is 12.3. The van der Waals surface area contributed by atoms with Crippen LogP contribution in [0.5, 0.6) is 0 Å². The molecule has 27 heavy (non-hydrogen) atoms. The molecule has 0 atom stereocenters. The predicted molar refractivity (Wildman–Crippen MR) is 115 cm³/mol. The first-order valence-electron chi connectivity index (χ1n) is 9.20. The van der Waals surface area contributed by atoms with Crippen molar-refractivity contribution >= 4 is 29.3 Å². The molecule has 1 N–H and O–H groups in total. The zero-order valence-corrected chi connectivity index (χ0v) is 18.2. The van der Waals surface area contributed by atoms with Crippen molar-refractivity contribution in [2.24, 2.45) is 4.99 Å². The minimum absolute atomic E-state index is 0.123. The van der Waals surface area contributed by atoms with Crippen LogP contribution >= 0.6 is 11.3 Å². The molecule has 1 amide bonds. The Kier molecular flexibility index (Phi) is 6.76. The molecule has 0 saturated carbocycles. The first-order chi connectivity index (χ1) is 12.6. The molecule has 1 aromatic carbocycles. The van der Waals surface area contributed by atoms with E-state index in [9.17, 15) is 4.79 Å². The van der Waals surface area contributed by atoms with Crippen LogP contribution in [0.3, 0.4) is 0 Å². The van der Waals surface area contributed by atoms with Crippen LogP contribution in [0.4, 0.5) is 5.69 Å². The highest BCUT2D eigenvalue weighted by molar-refractivity contribution is 7.09. The summed E-state index contributed by atoms with van der Waals surface area (Å²) >= 11 is 1.53. The molecule has 2 aromatic rings. The van der Waals surface area contributed by atoms with Gasteiger partial charge in [-0.3, -0.25) is 4.79 Å². The van der Waals surface area contributed by atoms with Crippen LogP contribution in [0.25, 0.3) is 0 Å². The highest BCUT2D eigenvalue weighted by Gasteiger charge is 2.18. The zero-order chi connectivity index (χ0) is 20.2. The Labute approximate surface area is 166 Å². The third kappa shape index (κ3) is 6.17. The molecule has 0 aliphatic carbocycles. The van der Waals surface area contributed by atoms with Crippen LogP contribution < -0.4 is 5.32 Å². The number of amides is 1. The monoisotopic (exact) mass is 386 g/mol. The van der Waals surface area contributed by atoms with E-state index in [0.29, 0.717) is 5.69 Å². The molecule has 6 heteroatoms. The van der Waals surface area contributed by atoms with E-state index in [-0.39, 0.29) is 11.4 Å². The van der Waals surface area contributed by atoms with E-state index in [4.69, 9.17) is 0 Å². The second-order valence-electron chi connectivity index (χ2n) is 7.89. The fraction of sp³-hybridized carbons (Fsp3) is 0.476. The van der Waals surface area contributed by atoms with E-state index in [0.717, 1.165) is 29.2 Å². The Balaban J connectivity index is 2.15. The topological polar surface area (TPSA) is 57.6 Å². The molecular weight excluding hydrogens is 356 g/mol. The highest BCUT2D eigenvalue weighted by atomic mass is 32.1. The largest absolute Gasteiger partial charge is 0.366 e. The maximum Gasteiger partial charge on any atom is 0.271 e. The van der Waals surface area contributed by atoms with Crippen molar-refractivity contribution in [3.05, 3.63) is 44.9 Å². The number of thiazole rings is 1. The Bertz CT molecular complexity index is 833. The molecule has 0 unspecified atom stereocenters. The van der Waals surface area contributed by atoms with Gasteiger partial charge in [0.2, 0.25) is 0 Å². The number of carbonyl (C=O) groups excluding carboxylic acids is 1. The zero-order valence-electron chi connectivity index (χ0n) is 17.4. The summed E-state index contributed by atoms with van der Waals surface area (Å²) in [6.45, 7) is 13.1. The molecule has 1 heterocycles. The molecule has 0 aliphatic heterocycles. The summed E-state index contributed by atoms with van der Waals surface area (Å²) in [5.41, 5.74) is 4.74. The quantitative estimate of drug-likeness (QED) is 0.588. The third-order valence-electron chi connectivity index (χ3n) is 4.16. The van der Waals surface area contributed by atoms with E-state index in [1.165, 1.54) is 22.5 Å². The number of hydrogen-bond donors (Lipinski definition) is 1. The second kappa shape index (κ2) is 8.65. The average molecular weight is 387 g/mol. The number of benzene rings is 1. The van der Waals surface area contributed by atoms with Gasteiger partial charge >= 0.3 is 0 Å². The van der Waals surface area contributed by atoms with Crippen molar-refractivity contribution in [1.82, 2.24) is 15.2 Å². The van der Waals surface area contributed by atoms with Crippen LogP contribution in [-0.2, 0) is 6.42 Å². The molecule has 0 aliphatic rings. The summed E-state index contributed by atoms with van der Waals surface area (Å²) in [6, 6.07) is 4.29. The number of carbonyl (C=O) groups is 1. The first-order valence-corrected chi connectivity index (χ1v) is 10.1. The second-order valence-corrected chi connectivity index (χ2v) is 8.83. The Morgan fingerprint density at radius 3 is 2.63 bits per heavy atom. The molecule has 0 saturated heterocycles. The van der Waals surface area contributed by atoms with E-state index in [2.05, 4.69) is 48.2 Å². The average Bonchev–Trinajstić information content (AvgIpc) is 3.03. The summed E-state index contributed by atoms with van der Waals surface area (Å²) in [5, 5.41) is 5.73. The van der Waals surface area contributed by atoms with Crippen molar-refractivity contribution in [2.45, 2.75) is 53.5 Å². The van der Waals surface area contributed by atoms with Gasteiger partial charge in [0.1, 0.15) is 5.69 Å². The van der Waals surface area contributed by atoms with Gasteiger partial charge in [0.15, 0.2) is 0 Å². The van der Waals surface area contributed by atoms with Crippen LogP contribution in [0.2, 0.25) is 0 Å². The van der Waals surface area contributed by atoms with Gasteiger partial charge in [-0.15, -0.1) is 11.3 Å². The first kappa shape index (κ1) is 21.1. The van der Waals surface area contributed by atoms with Crippen molar-refractivity contribution < 1.29 is 4.79 Å². The lowest BCUT2D eigenvalue weighted by molar-refractivity contribution is 0.0915. The number of rotatable bonds is 6. The standard InChI is InChI=1S/C21H30N4OS/c1-8-25(7)13-22-17-10-14(2)16(9-15(17)3)11-19-23-18(12-27-19)20(26)24-21(4,5)6/h9-10,12-13H,8,11H2,1-7H3,(H,24,26)/b22-13+. The van der Waals surface area contributed by atoms with Gasteiger partial charge in [-0.2, -0.15) is 0 Å². The van der Waals surface area contributed by atoms with Crippen LogP contribution in [0.1, 0.15) is 59.9 Å². The van der Waals surface area contributed by atoms with Crippen LogP contribution in [-0.4, -0.2) is 41.3 Å². The summed E-state index contributed by atoms with van der Waals surface area (Å²) in [4.78, 5) is 23.4. The van der Waals surface area contributed by atoms with Crippen molar-refractivity contribution in [3.63, 3.8) is 0 Å². The summed E-state index contributed by atoms with van der Waals surface area (Å²) < 4.78 is 0. The minimum Gasteiger partial charge on any atom is -0.366 e. The summed E-state index contributed by atoms with van der Waals surface area (Å²) in [5.74, 6) is -0.123. The lowest BCUT2D eigenvalue weighted by Gasteiger charge is -2.19. The van der Waals surface area contributed by atoms with Gasteiger partial charge in [0.05, 0.1) is 17.0 Å². The normalized spacial score (nSPS) is 11.8. The van der Waals surface area contributed by atoms with Crippen molar-refractivity contribution in [1.29, 1.82) is 0 Å². The van der Waals surface area contributed by atoms with Gasteiger partial charge in [-0.25, -0.2) is 9.98 Å².